The number of cyclic esters (lactones) is 1. The smallest absolute Gasteiger partial charge is 0.313 e. The maximum atomic E-state index is 14.4. The van der Waals surface area contributed by atoms with Crippen molar-refractivity contribution >= 4 is 39.6 Å². The molecule has 10 nitrogen and oxygen atoms in total. The molecule has 5 bridgehead atoms. The molecule has 2 saturated heterocycles. The largest absolute Gasteiger partial charge is 0.460 e. The summed E-state index contributed by atoms with van der Waals surface area (Å²) in [6.45, 7) is 8.14. The van der Waals surface area contributed by atoms with Crippen LogP contribution >= 0.6 is 15.9 Å². The molecule has 0 radical (unpaired) electrons. The second kappa shape index (κ2) is 11.1. The lowest BCUT2D eigenvalue weighted by Crippen LogP contribution is -2.59. The Bertz CT molecular complexity index is 1040. The number of nitrogens with one attached hydrogen (secondary N) is 1. The minimum absolute atomic E-state index is 0.0263. The molecule has 0 aliphatic carbocycles. The Hall–Kier alpha value is -2.24. The van der Waals surface area contributed by atoms with Crippen molar-refractivity contribution in [2.75, 3.05) is 26.2 Å². The van der Waals surface area contributed by atoms with Gasteiger partial charge in [0.05, 0.1) is 12.5 Å². The number of nitrogens with zero attached hydrogens (tertiary/aromatic N) is 2. The highest BCUT2D eigenvalue weighted by molar-refractivity contribution is 9.11. The van der Waals surface area contributed by atoms with E-state index in [-0.39, 0.29) is 50.4 Å². The summed E-state index contributed by atoms with van der Waals surface area (Å²) < 4.78 is 12.7. The Kier molecular flexibility index (Phi) is 8.40. The molecular weight excluding hydrogens is 558 g/mol. The van der Waals surface area contributed by atoms with Gasteiger partial charge in [0.2, 0.25) is 17.7 Å². The molecule has 210 valence electrons. The first-order chi connectivity index (χ1) is 17.9. The molecule has 3 amide bonds. The predicted molar refractivity (Wildman–Crippen MR) is 142 cm³/mol. The second-order valence-corrected chi connectivity index (χ2v) is 12.4. The average Bonchev–Trinajstić information content (AvgIpc) is 3.42. The van der Waals surface area contributed by atoms with Gasteiger partial charge in [-0.1, -0.05) is 28.1 Å². The fraction of sp³-hybridized carbons (Fsp3) is 0.704. The SMILES string of the molecule is C[C@@H]1CNC(=O)CC/C=C\CN(C(C)(C)C)C(=O)[C@@H]2N(CCCCO)C(=O)[C@H]3[C@H](C(=O)O1)[C@H]1O[C@@]23C=C1Br. The number of allylic oxidation sites excluding steroid dienone is 1. The van der Waals surface area contributed by atoms with Crippen LogP contribution in [0.4, 0.5) is 0 Å². The molecule has 0 saturated carbocycles. The van der Waals surface area contributed by atoms with E-state index in [1.165, 1.54) is 4.90 Å². The molecule has 11 heteroatoms. The third-order valence-electron chi connectivity index (χ3n) is 7.71. The first-order valence-corrected chi connectivity index (χ1v) is 14.1. The number of halogens is 1. The lowest BCUT2D eigenvalue weighted by molar-refractivity contribution is -0.158. The maximum Gasteiger partial charge on any atom is 0.313 e. The van der Waals surface area contributed by atoms with Gasteiger partial charge in [-0.2, -0.15) is 0 Å². The van der Waals surface area contributed by atoms with Gasteiger partial charge in [0.25, 0.3) is 0 Å². The third-order valence-corrected chi connectivity index (χ3v) is 8.39. The molecule has 0 aromatic carbocycles. The van der Waals surface area contributed by atoms with Gasteiger partial charge in [-0.3, -0.25) is 19.2 Å². The number of hydrogen-bond donors (Lipinski definition) is 2. The van der Waals surface area contributed by atoms with E-state index in [9.17, 15) is 24.3 Å². The lowest BCUT2D eigenvalue weighted by Gasteiger charge is -2.41. The van der Waals surface area contributed by atoms with E-state index in [0.29, 0.717) is 23.7 Å². The van der Waals surface area contributed by atoms with Crippen molar-refractivity contribution in [1.29, 1.82) is 0 Å². The van der Waals surface area contributed by atoms with Gasteiger partial charge in [0.1, 0.15) is 29.8 Å². The number of amides is 3. The fourth-order valence-electron chi connectivity index (χ4n) is 5.92. The Balaban J connectivity index is 1.79. The van der Waals surface area contributed by atoms with Gasteiger partial charge in [-0.05, 0) is 53.0 Å². The molecule has 4 heterocycles. The monoisotopic (exact) mass is 595 g/mol. The standard InChI is InChI=1S/C27H38BrN3O7/c1-16-15-29-18(33)10-6-5-7-12-31(26(2,3)4)24(35)22-27-14-17(28)21(38-27)19(25(36)37-16)20(27)23(34)30(22)11-8-9-13-32/h5,7,14,16,19-22,32H,6,8-13,15H2,1-4H3,(H,29,33)/b7-5-/t16-,19+,20-,21+,22+,27-/m1/s1. The number of aliphatic hydroxyl groups excluding tert-OH is 1. The van der Waals surface area contributed by atoms with Crippen LogP contribution in [0.1, 0.15) is 53.4 Å². The molecule has 0 aromatic rings. The summed E-state index contributed by atoms with van der Waals surface area (Å²) in [7, 11) is 0. The Morgan fingerprint density at radius 1 is 1.16 bits per heavy atom. The molecule has 38 heavy (non-hydrogen) atoms. The van der Waals surface area contributed by atoms with Crippen molar-refractivity contribution in [2.24, 2.45) is 11.8 Å². The number of carbonyl (C=O) groups is 4. The van der Waals surface area contributed by atoms with Crippen molar-refractivity contribution in [3.63, 3.8) is 0 Å². The highest BCUT2D eigenvalue weighted by atomic mass is 79.9. The quantitative estimate of drug-likeness (QED) is 0.287. The van der Waals surface area contributed by atoms with E-state index in [1.54, 1.807) is 17.9 Å². The third kappa shape index (κ3) is 5.16. The average molecular weight is 597 g/mol. The Morgan fingerprint density at radius 3 is 2.58 bits per heavy atom. The summed E-state index contributed by atoms with van der Waals surface area (Å²) in [6, 6.07) is -0.974. The molecule has 4 aliphatic rings. The van der Waals surface area contributed by atoms with Gasteiger partial charge in [-0.15, -0.1) is 0 Å². The van der Waals surface area contributed by atoms with Crippen LogP contribution in [0.5, 0.6) is 0 Å². The lowest BCUT2D eigenvalue weighted by atomic mass is 9.74. The summed E-state index contributed by atoms with van der Waals surface area (Å²) in [6.07, 6.45) is 5.93. The molecule has 6 atom stereocenters. The van der Waals surface area contributed by atoms with Gasteiger partial charge >= 0.3 is 5.97 Å². The van der Waals surface area contributed by atoms with E-state index >= 15 is 0 Å². The fourth-order valence-corrected chi connectivity index (χ4v) is 6.65. The van der Waals surface area contributed by atoms with Crippen molar-refractivity contribution in [2.45, 2.75) is 82.8 Å². The minimum Gasteiger partial charge on any atom is -0.460 e. The molecule has 1 spiro atoms. The normalized spacial score (nSPS) is 35.2. The Morgan fingerprint density at radius 2 is 1.89 bits per heavy atom. The zero-order chi connectivity index (χ0) is 27.8. The number of aliphatic hydroxyl groups is 1. The zero-order valence-corrected chi connectivity index (χ0v) is 24.0. The van der Waals surface area contributed by atoms with Crippen molar-refractivity contribution < 1.29 is 33.8 Å². The van der Waals surface area contributed by atoms with Gasteiger partial charge in [0.15, 0.2) is 0 Å². The van der Waals surface area contributed by atoms with Crippen molar-refractivity contribution in [1.82, 2.24) is 15.1 Å². The second-order valence-electron chi connectivity index (χ2n) is 11.5. The van der Waals surface area contributed by atoms with Crippen LogP contribution in [0.15, 0.2) is 22.7 Å². The number of carbonyl (C=O) groups excluding carboxylic acids is 4. The summed E-state index contributed by atoms with van der Waals surface area (Å²) in [4.78, 5) is 57.4. The van der Waals surface area contributed by atoms with E-state index in [4.69, 9.17) is 9.47 Å². The van der Waals surface area contributed by atoms with E-state index < -0.39 is 47.2 Å². The molecule has 0 aromatic heterocycles. The molecule has 4 aliphatic heterocycles. The minimum atomic E-state index is -1.32. The van der Waals surface area contributed by atoms with Crippen molar-refractivity contribution in [3.05, 3.63) is 22.7 Å². The number of rotatable bonds is 4. The molecule has 2 fully saturated rings. The predicted octanol–water partition coefficient (Wildman–Crippen LogP) is 1.66. The highest BCUT2D eigenvalue weighted by Gasteiger charge is 2.75. The van der Waals surface area contributed by atoms with Crippen LogP contribution in [0.2, 0.25) is 0 Å². The van der Waals surface area contributed by atoms with Crippen LogP contribution in [0, 0.1) is 11.8 Å². The van der Waals surface area contributed by atoms with Gasteiger partial charge in [-0.25, -0.2) is 0 Å². The first kappa shape index (κ1) is 28.8. The number of esters is 1. The first-order valence-electron chi connectivity index (χ1n) is 13.3. The molecule has 0 unspecified atom stereocenters. The summed E-state index contributed by atoms with van der Waals surface area (Å²) in [5.74, 6) is -3.21. The zero-order valence-electron chi connectivity index (χ0n) is 22.4. The van der Waals surface area contributed by atoms with E-state index in [2.05, 4.69) is 21.2 Å². The highest BCUT2D eigenvalue weighted by Crippen LogP contribution is 2.59. The Labute approximate surface area is 231 Å². The summed E-state index contributed by atoms with van der Waals surface area (Å²) in [5, 5.41) is 12.1. The maximum absolute atomic E-state index is 14.4. The van der Waals surface area contributed by atoms with Crippen LogP contribution in [-0.2, 0) is 28.7 Å². The van der Waals surface area contributed by atoms with Gasteiger partial charge in [0, 0.05) is 36.1 Å². The van der Waals surface area contributed by atoms with Crippen LogP contribution in [0.25, 0.3) is 0 Å². The van der Waals surface area contributed by atoms with Crippen LogP contribution in [0.3, 0.4) is 0 Å². The number of likely N-dealkylation sites (tertiary alicyclic amines) is 1. The van der Waals surface area contributed by atoms with Crippen molar-refractivity contribution in [3.8, 4) is 0 Å². The molecule has 4 rings (SSSR count). The summed E-state index contributed by atoms with van der Waals surface area (Å²) >= 11 is 3.53. The van der Waals surface area contributed by atoms with E-state index in [1.807, 2.05) is 32.9 Å². The number of unbranched alkanes of at least 4 members (excludes halogenated alkanes) is 1. The van der Waals surface area contributed by atoms with Gasteiger partial charge < -0.3 is 29.7 Å². The summed E-state index contributed by atoms with van der Waals surface area (Å²) in [5.41, 5.74) is -1.90. The van der Waals surface area contributed by atoms with E-state index in [0.717, 1.165) is 0 Å². The molecule has 2 N–H and O–H groups in total. The number of hydrogen-bond acceptors (Lipinski definition) is 7. The number of fused-ring (bicyclic) bond motifs is 2. The van der Waals surface area contributed by atoms with Crippen LogP contribution in [-0.4, -0.2) is 94.2 Å². The topological polar surface area (TPSA) is 125 Å². The van der Waals surface area contributed by atoms with Crippen LogP contribution < -0.4 is 5.32 Å². The number of ether oxygens (including phenoxy) is 2. The molecular formula is C27H38BrN3O7.